The van der Waals surface area contributed by atoms with Crippen molar-refractivity contribution in [2.75, 3.05) is 6.54 Å². The number of amides is 1. The van der Waals surface area contributed by atoms with Crippen molar-refractivity contribution in [3.05, 3.63) is 59.7 Å². The minimum atomic E-state index is -0.403. The van der Waals surface area contributed by atoms with Crippen molar-refractivity contribution in [2.24, 2.45) is 23.2 Å². The van der Waals surface area contributed by atoms with Crippen molar-refractivity contribution in [2.45, 2.75) is 51.0 Å². The van der Waals surface area contributed by atoms with E-state index < -0.39 is 6.10 Å². The lowest BCUT2D eigenvalue weighted by molar-refractivity contribution is -0.148. The maximum absolute atomic E-state index is 12.7. The Morgan fingerprint density at radius 1 is 0.839 bits per heavy atom. The third kappa shape index (κ3) is 3.37. The maximum atomic E-state index is 12.7. The Balaban J connectivity index is 1.09. The SMILES string of the molecule is O=C(CC12CC3CC(CC(C3)C1)C2)NCC(=O)OC1c2ccccc2-c2ccccc21. The van der Waals surface area contributed by atoms with Crippen LogP contribution in [-0.4, -0.2) is 18.4 Å². The lowest BCUT2D eigenvalue weighted by Crippen LogP contribution is -2.48. The molecule has 4 nitrogen and oxygen atoms in total. The molecule has 160 valence electrons. The van der Waals surface area contributed by atoms with Crippen LogP contribution in [0.4, 0.5) is 0 Å². The van der Waals surface area contributed by atoms with Gasteiger partial charge in [-0.3, -0.25) is 9.59 Å². The average molecular weight is 416 g/mol. The maximum Gasteiger partial charge on any atom is 0.326 e. The molecule has 31 heavy (non-hydrogen) atoms. The quantitative estimate of drug-likeness (QED) is 0.698. The number of rotatable bonds is 5. The summed E-state index contributed by atoms with van der Waals surface area (Å²) in [4.78, 5) is 25.4. The van der Waals surface area contributed by atoms with Crippen LogP contribution in [0.25, 0.3) is 11.1 Å². The van der Waals surface area contributed by atoms with Crippen LogP contribution in [0.3, 0.4) is 0 Å². The molecule has 4 heteroatoms. The molecular weight excluding hydrogens is 386 g/mol. The number of hydrogen-bond donors (Lipinski definition) is 1. The third-order valence-corrected chi connectivity index (χ3v) is 8.16. The molecule has 2 aromatic carbocycles. The van der Waals surface area contributed by atoms with Gasteiger partial charge in [-0.1, -0.05) is 48.5 Å². The number of ether oxygens (including phenoxy) is 1. The van der Waals surface area contributed by atoms with Gasteiger partial charge in [-0.2, -0.15) is 0 Å². The Bertz CT molecular complexity index is 961. The van der Waals surface area contributed by atoms with Crippen LogP contribution in [0, 0.1) is 23.2 Å². The number of carbonyl (C=O) groups excluding carboxylic acids is 2. The van der Waals surface area contributed by atoms with E-state index in [-0.39, 0.29) is 23.8 Å². The summed E-state index contributed by atoms with van der Waals surface area (Å²) in [7, 11) is 0. The van der Waals surface area contributed by atoms with E-state index in [9.17, 15) is 9.59 Å². The fourth-order valence-corrected chi connectivity index (χ4v) is 7.49. The lowest BCUT2D eigenvalue weighted by Gasteiger charge is -2.56. The molecule has 1 N–H and O–H groups in total. The first kappa shape index (κ1) is 19.1. The first-order chi connectivity index (χ1) is 15.1. The number of benzene rings is 2. The second-order valence-corrected chi connectivity index (χ2v) is 10.4. The van der Waals surface area contributed by atoms with Crippen LogP contribution in [0.1, 0.15) is 62.2 Å². The molecule has 1 amide bonds. The molecule has 0 unspecified atom stereocenters. The zero-order valence-corrected chi connectivity index (χ0v) is 17.8. The van der Waals surface area contributed by atoms with E-state index in [0.717, 1.165) is 40.0 Å². The first-order valence-electron chi connectivity index (χ1n) is 11.7. The fourth-order valence-electron chi connectivity index (χ4n) is 7.49. The highest BCUT2D eigenvalue weighted by Gasteiger charge is 2.51. The van der Waals surface area contributed by atoms with Crippen LogP contribution in [0.5, 0.6) is 0 Å². The van der Waals surface area contributed by atoms with Crippen LogP contribution in [0.2, 0.25) is 0 Å². The number of esters is 1. The minimum absolute atomic E-state index is 0.00567. The van der Waals surface area contributed by atoms with Gasteiger partial charge in [0.15, 0.2) is 6.10 Å². The number of carbonyl (C=O) groups is 2. The van der Waals surface area contributed by atoms with Gasteiger partial charge in [-0.25, -0.2) is 0 Å². The zero-order chi connectivity index (χ0) is 21.0. The highest BCUT2D eigenvalue weighted by Crippen LogP contribution is 2.61. The number of hydrogen-bond acceptors (Lipinski definition) is 3. The van der Waals surface area contributed by atoms with Gasteiger partial charge in [0.2, 0.25) is 5.91 Å². The van der Waals surface area contributed by atoms with Crippen molar-refractivity contribution in [3.63, 3.8) is 0 Å². The molecular formula is C27H29NO3. The normalized spacial score (nSPS) is 30.0. The predicted octanol–water partition coefficient (Wildman–Crippen LogP) is 5.02. The van der Waals surface area contributed by atoms with Crippen LogP contribution < -0.4 is 5.32 Å². The van der Waals surface area contributed by atoms with Gasteiger partial charge in [0, 0.05) is 17.5 Å². The van der Waals surface area contributed by atoms with Crippen LogP contribution in [0.15, 0.2) is 48.5 Å². The van der Waals surface area contributed by atoms with E-state index in [1.165, 1.54) is 38.5 Å². The Morgan fingerprint density at radius 2 is 1.35 bits per heavy atom. The summed E-state index contributed by atoms with van der Waals surface area (Å²) in [5.41, 5.74) is 4.43. The molecule has 7 rings (SSSR count). The number of nitrogens with one attached hydrogen (secondary N) is 1. The largest absolute Gasteiger partial charge is 0.451 e. The molecule has 0 heterocycles. The van der Waals surface area contributed by atoms with Crippen molar-refractivity contribution < 1.29 is 14.3 Å². The highest BCUT2D eigenvalue weighted by molar-refractivity contribution is 5.84. The smallest absolute Gasteiger partial charge is 0.326 e. The summed E-state index contributed by atoms with van der Waals surface area (Å²) in [5.74, 6) is 2.10. The molecule has 0 saturated heterocycles. The van der Waals surface area contributed by atoms with Gasteiger partial charge in [0.25, 0.3) is 0 Å². The van der Waals surface area contributed by atoms with E-state index >= 15 is 0 Å². The van der Waals surface area contributed by atoms with Crippen molar-refractivity contribution in [1.82, 2.24) is 5.32 Å². The summed E-state index contributed by atoms with van der Waals surface area (Å²) >= 11 is 0. The van der Waals surface area contributed by atoms with Crippen LogP contribution >= 0.6 is 0 Å². The van der Waals surface area contributed by atoms with Crippen molar-refractivity contribution >= 4 is 11.9 Å². The van der Waals surface area contributed by atoms with Crippen molar-refractivity contribution in [1.29, 1.82) is 0 Å². The van der Waals surface area contributed by atoms with Crippen LogP contribution in [-0.2, 0) is 14.3 Å². The molecule has 0 atom stereocenters. The summed E-state index contributed by atoms with van der Waals surface area (Å²) < 4.78 is 5.85. The summed E-state index contributed by atoms with van der Waals surface area (Å²) in [6.45, 7) is -0.0635. The highest BCUT2D eigenvalue weighted by atomic mass is 16.5. The summed E-state index contributed by atoms with van der Waals surface area (Å²) in [6, 6.07) is 16.1. The van der Waals surface area contributed by atoms with Gasteiger partial charge < -0.3 is 10.1 Å². The molecule has 2 aromatic rings. The number of fused-ring (bicyclic) bond motifs is 3. The monoisotopic (exact) mass is 415 g/mol. The Morgan fingerprint density at radius 3 is 1.90 bits per heavy atom. The Kier molecular flexibility index (Phi) is 4.45. The molecule has 5 aliphatic carbocycles. The van der Waals surface area contributed by atoms with E-state index in [1.54, 1.807) is 0 Å². The standard InChI is InChI=1S/C27H29NO3/c29-24(15-27-12-17-9-18(13-27)11-19(10-17)14-27)28-16-25(30)31-26-22-7-3-1-5-20(22)21-6-2-4-8-23(21)26/h1-8,17-19,26H,9-16H2,(H,28,29). The minimum Gasteiger partial charge on any atom is -0.451 e. The summed E-state index contributed by atoms with van der Waals surface area (Å²) in [6.07, 6.45) is 7.89. The topological polar surface area (TPSA) is 55.4 Å². The van der Waals surface area contributed by atoms with Gasteiger partial charge in [0.05, 0.1) is 0 Å². The van der Waals surface area contributed by atoms with Gasteiger partial charge in [-0.05, 0) is 72.8 Å². The van der Waals surface area contributed by atoms with E-state index in [4.69, 9.17) is 4.74 Å². The Hall–Kier alpha value is -2.62. The molecule has 0 radical (unpaired) electrons. The molecule has 4 fully saturated rings. The van der Waals surface area contributed by atoms with Gasteiger partial charge >= 0.3 is 5.97 Å². The van der Waals surface area contributed by atoms with Crippen molar-refractivity contribution in [3.8, 4) is 11.1 Å². The van der Waals surface area contributed by atoms with E-state index in [2.05, 4.69) is 17.4 Å². The second-order valence-electron chi connectivity index (χ2n) is 10.4. The molecule has 4 bridgehead atoms. The van der Waals surface area contributed by atoms with Gasteiger partial charge in [-0.15, -0.1) is 0 Å². The fraction of sp³-hybridized carbons (Fsp3) is 0.481. The molecule has 0 spiro atoms. The zero-order valence-electron chi connectivity index (χ0n) is 17.8. The lowest BCUT2D eigenvalue weighted by atomic mass is 9.49. The van der Waals surface area contributed by atoms with Gasteiger partial charge in [0.1, 0.15) is 6.54 Å². The predicted molar refractivity (Wildman–Crippen MR) is 118 cm³/mol. The average Bonchev–Trinajstić information content (AvgIpc) is 3.05. The molecule has 5 aliphatic rings. The first-order valence-corrected chi connectivity index (χ1v) is 11.7. The van der Waals surface area contributed by atoms with E-state index in [0.29, 0.717) is 6.42 Å². The second kappa shape index (κ2) is 7.22. The molecule has 4 saturated carbocycles. The third-order valence-electron chi connectivity index (χ3n) is 8.16. The Labute approximate surface area is 183 Å². The molecule has 0 aliphatic heterocycles. The molecule has 0 aromatic heterocycles. The van der Waals surface area contributed by atoms with E-state index in [1.807, 2.05) is 36.4 Å². The summed E-state index contributed by atoms with van der Waals surface area (Å²) in [5, 5.41) is 2.87.